The summed E-state index contributed by atoms with van der Waals surface area (Å²) in [4.78, 5) is 28.5. The summed E-state index contributed by atoms with van der Waals surface area (Å²) >= 11 is 12.3. The monoisotopic (exact) mass is 653 g/mol. The van der Waals surface area contributed by atoms with Gasteiger partial charge in [0.05, 0.1) is 20.6 Å². The van der Waals surface area contributed by atoms with Gasteiger partial charge in [0.2, 0.25) is 11.8 Å². The number of halogens is 2. The lowest BCUT2D eigenvalue weighted by Crippen LogP contribution is -2.52. The van der Waals surface area contributed by atoms with Gasteiger partial charge < -0.3 is 15.0 Å². The first-order valence-corrected chi connectivity index (χ1v) is 16.1. The van der Waals surface area contributed by atoms with Gasteiger partial charge in [0.15, 0.2) is 0 Å². The van der Waals surface area contributed by atoms with Crippen molar-refractivity contribution in [1.82, 2.24) is 10.2 Å². The number of amides is 2. The van der Waals surface area contributed by atoms with E-state index < -0.39 is 28.5 Å². The summed E-state index contributed by atoms with van der Waals surface area (Å²) in [7, 11) is -4.20. The van der Waals surface area contributed by atoms with Gasteiger partial charge in [0.25, 0.3) is 10.0 Å². The van der Waals surface area contributed by atoms with Crippen molar-refractivity contribution in [3.05, 3.63) is 119 Å². The molecule has 8 nitrogen and oxygen atoms in total. The highest BCUT2D eigenvalue weighted by Gasteiger charge is 2.32. The van der Waals surface area contributed by atoms with E-state index in [-0.39, 0.29) is 29.1 Å². The predicted octanol–water partition coefficient (Wildman–Crippen LogP) is 6.92. The number of hydrogen-bond donors (Lipinski definition) is 1. The predicted molar refractivity (Wildman–Crippen MR) is 174 cm³/mol. The SMILES string of the molecule is CC(C)NC(=O)[C@H](C)N(Cc1ccc(Cl)c(Cl)c1)C(=O)CN(c1ccc(Oc2ccccc2)cc1)S(=O)(=O)c1ccccc1. The fourth-order valence-corrected chi connectivity index (χ4v) is 6.13. The van der Waals surface area contributed by atoms with E-state index in [0.717, 1.165) is 4.31 Å². The Morgan fingerprint density at radius 2 is 1.39 bits per heavy atom. The first-order valence-electron chi connectivity index (χ1n) is 13.9. The molecule has 11 heteroatoms. The van der Waals surface area contributed by atoms with Crippen LogP contribution in [0.1, 0.15) is 26.3 Å². The highest BCUT2D eigenvalue weighted by molar-refractivity contribution is 7.92. The van der Waals surface area contributed by atoms with Crippen LogP contribution in [-0.4, -0.2) is 43.8 Å². The molecule has 0 saturated carbocycles. The minimum atomic E-state index is -4.20. The molecule has 4 rings (SSSR count). The molecular formula is C33H33Cl2N3O5S. The third-order valence-electron chi connectivity index (χ3n) is 6.65. The number of nitrogens with zero attached hydrogens (tertiary/aromatic N) is 2. The molecule has 4 aromatic rings. The van der Waals surface area contributed by atoms with Crippen molar-refractivity contribution >= 4 is 50.7 Å². The molecule has 0 fully saturated rings. The molecule has 0 aliphatic rings. The molecule has 0 aliphatic heterocycles. The van der Waals surface area contributed by atoms with Gasteiger partial charge in [-0.15, -0.1) is 0 Å². The number of carbonyl (C=O) groups excluding carboxylic acids is 2. The van der Waals surface area contributed by atoms with Crippen LogP contribution in [0, 0.1) is 0 Å². The normalized spacial score (nSPS) is 12.0. The van der Waals surface area contributed by atoms with Crippen molar-refractivity contribution in [2.45, 2.75) is 44.3 Å². The summed E-state index contributed by atoms with van der Waals surface area (Å²) in [6.45, 7) is 4.64. The second-order valence-electron chi connectivity index (χ2n) is 10.3. The molecule has 44 heavy (non-hydrogen) atoms. The molecule has 2 amide bonds. The van der Waals surface area contributed by atoms with Crippen LogP contribution in [0.25, 0.3) is 0 Å². The molecular weight excluding hydrogens is 621 g/mol. The summed E-state index contributed by atoms with van der Waals surface area (Å²) in [5, 5.41) is 3.47. The molecule has 0 aliphatic carbocycles. The van der Waals surface area contributed by atoms with Gasteiger partial charge in [-0.3, -0.25) is 13.9 Å². The fraction of sp³-hybridized carbons (Fsp3) is 0.212. The molecule has 0 spiro atoms. The number of sulfonamides is 1. The fourth-order valence-electron chi connectivity index (χ4n) is 4.38. The van der Waals surface area contributed by atoms with Crippen LogP contribution >= 0.6 is 23.2 Å². The number of benzene rings is 4. The van der Waals surface area contributed by atoms with Gasteiger partial charge in [-0.25, -0.2) is 8.42 Å². The Morgan fingerprint density at radius 1 is 0.795 bits per heavy atom. The lowest BCUT2D eigenvalue weighted by Gasteiger charge is -2.32. The minimum Gasteiger partial charge on any atom is -0.457 e. The van der Waals surface area contributed by atoms with Crippen LogP contribution in [0.2, 0.25) is 10.0 Å². The third kappa shape index (κ3) is 8.31. The number of nitrogens with one attached hydrogen (secondary N) is 1. The Bertz CT molecular complexity index is 1690. The Labute approximate surface area is 268 Å². The number of carbonyl (C=O) groups is 2. The Kier molecular flexibility index (Phi) is 10.9. The molecule has 4 aromatic carbocycles. The number of ether oxygens (including phenoxy) is 1. The average molecular weight is 655 g/mol. The number of rotatable bonds is 12. The van der Waals surface area contributed by atoms with Crippen LogP contribution in [0.3, 0.4) is 0 Å². The highest BCUT2D eigenvalue weighted by Crippen LogP contribution is 2.29. The smallest absolute Gasteiger partial charge is 0.264 e. The van der Waals surface area contributed by atoms with Crippen LogP contribution in [-0.2, 0) is 26.2 Å². The second-order valence-corrected chi connectivity index (χ2v) is 13.0. The molecule has 1 N–H and O–H groups in total. The van der Waals surface area contributed by atoms with E-state index in [1.165, 1.54) is 17.0 Å². The van der Waals surface area contributed by atoms with Crippen molar-refractivity contribution in [1.29, 1.82) is 0 Å². The zero-order chi connectivity index (χ0) is 31.9. The van der Waals surface area contributed by atoms with Gasteiger partial charge in [-0.1, -0.05) is 65.7 Å². The van der Waals surface area contributed by atoms with Gasteiger partial charge in [-0.05, 0) is 87.0 Å². The van der Waals surface area contributed by atoms with Crippen LogP contribution in [0.5, 0.6) is 11.5 Å². The van der Waals surface area contributed by atoms with Crippen molar-refractivity contribution in [2.24, 2.45) is 0 Å². The molecule has 0 heterocycles. The number of hydrogen-bond acceptors (Lipinski definition) is 5. The summed E-state index contributed by atoms with van der Waals surface area (Å²) in [6, 6.07) is 27.2. The maximum atomic E-state index is 14.1. The standard InChI is InChI=1S/C33H33Cl2N3O5S/c1-23(2)36-33(40)24(3)37(21-25-14-19-30(34)31(35)20-25)32(39)22-38(44(41,42)29-12-8-5-9-13-29)26-15-17-28(18-16-26)43-27-10-6-4-7-11-27/h4-20,23-24H,21-22H2,1-3H3,(H,36,40)/t24-/m0/s1. The first-order chi connectivity index (χ1) is 21.0. The zero-order valence-electron chi connectivity index (χ0n) is 24.5. The van der Waals surface area contributed by atoms with Crippen molar-refractivity contribution in [3.63, 3.8) is 0 Å². The van der Waals surface area contributed by atoms with Crippen molar-refractivity contribution < 1.29 is 22.7 Å². The Balaban J connectivity index is 1.70. The van der Waals surface area contributed by atoms with E-state index in [2.05, 4.69) is 5.32 Å². The first kappa shape index (κ1) is 32.9. The molecule has 0 unspecified atom stereocenters. The van der Waals surface area contributed by atoms with E-state index in [0.29, 0.717) is 27.1 Å². The van der Waals surface area contributed by atoms with E-state index in [1.54, 1.807) is 79.7 Å². The average Bonchev–Trinajstić information content (AvgIpc) is 3.01. The lowest BCUT2D eigenvalue weighted by molar-refractivity contribution is -0.139. The van der Waals surface area contributed by atoms with Crippen LogP contribution < -0.4 is 14.4 Å². The maximum absolute atomic E-state index is 14.1. The quantitative estimate of drug-likeness (QED) is 0.179. The summed E-state index contributed by atoms with van der Waals surface area (Å²) < 4.78 is 34.8. The maximum Gasteiger partial charge on any atom is 0.264 e. The number of para-hydroxylation sites is 1. The molecule has 0 saturated heterocycles. The van der Waals surface area contributed by atoms with E-state index in [9.17, 15) is 18.0 Å². The highest BCUT2D eigenvalue weighted by atomic mass is 35.5. The molecule has 0 aromatic heterocycles. The van der Waals surface area contributed by atoms with E-state index in [4.69, 9.17) is 27.9 Å². The van der Waals surface area contributed by atoms with Gasteiger partial charge in [0.1, 0.15) is 24.1 Å². The molecule has 0 bridgehead atoms. The second kappa shape index (κ2) is 14.6. The summed E-state index contributed by atoms with van der Waals surface area (Å²) in [5.41, 5.74) is 0.869. The Hall–Kier alpha value is -4.05. The molecule has 0 radical (unpaired) electrons. The topological polar surface area (TPSA) is 96.0 Å². The Morgan fingerprint density at radius 3 is 1.98 bits per heavy atom. The largest absolute Gasteiger partial charge is 0.457 e. The van der Waals surface area contributed by atoms with Gasteiger partial charge >= 0.3 is 0 Å². The third-order valence-corrected chi connectivity index (χ3v) is 9.18. The molecule has 230 valence electrons. The van der Waals surface area contributed by atoms with Gasteiger partial charge in [0, 0.05) is 12.6 Å². The lowest BCUT2D eigenvalue weighted by atomic mass is 10.1. The summed E-state index contributed by atoms with van der Waals surface area (Å²) in [5.74, 6) is 0.138. The van der Waals surface area contributed by atoms with Crippen LogP contribution in [0.4, 0.5) is 5.69 Å². The van der Waals surface area contributed by atoms with Crippen molar-refractivity contribution in [2.75, 3.05) is 10.8 Å². The minimum absolute atomic E-state index is 0.00845. The van der Waals surface area contributed by atoms with E-state index in [1.807, 2.05) is 32.0 Å². The van der Waals surface area contributed by atoms with Gasteiger partial charge in [-0.2, -0.15) is 0 Å². The van der Waals surface area contributed by atoms with Crippen LogP contribution in [0.15, 0.2) is 108 Å². The zero-order valence-corrected chi connectivity index (χ0v) is 26.8. The summed E-state index contributed by atoms with van der Waals surface area (Å²) in [6.07, 6.45) is 0. The number of anilines is 1. The van der Waals surface area contributed by atoms with Crippen molar-refractivity contribution in [3.8, 4) is 11.5 Å². The molecule has 1 atom stereocenters. The van der Waals surface area contributed by atoms with E-state index >= 15 is 0 Å².